The molecule has 0 N–H and O–H groups in total. The Morgan fingerprint density at radius 1 is 1.50 bits per heavy atom. The van der Waals surface area contributed by atoms with Crippen molar-refractivity contribution in [1.82, 2.24) is 4.90 Å². The van der Waals surface area contributed by atoms with Gasteiger partial charge in [-0.3, -0.25) is 4.90 Å². The first-order chi connectivity index (χ1) is 7.62. The third kappa shape index (κ3) is 2.56. The normalized spacial score (nSPS) is 34.1. The van der Waals surface area contributed by atoms with Gasteiger partial charge < -0.3 is 4.74 Å². The Balaban J connectivity index is 1.90. The number of hydrogen-bond acceptors (Lipinski definition) is 3. The monoisotopic (exact) mass is 222 g/mol. The molecule has 0 bridgehead atoms. The highest BCUT2D eigenvalue weighted by molar-refractivity contribution is 4.96. The van der Waals surface area contributed by atoms with E-state index in [1.807, 2.05) is 0 Å². The molecule has 2 atom stereocenters. The summed E-state index contributed by atoms with van der Waals surface area (Å²) in [7, 11) is 0. The predicted molar refractivity (Wildman–Crippen MR) is 63.0 cm³/mol. The first-order valence-electron chi connectivity index (χ1n) is 6.35. The van der Waals surface area contributed by atoms with Crippen molar-refractivity contribution in [2.75, 3.05) is 19.7 Å². The third-order valence-corrected chi connectivity index (χ3v) is 3.95. The average Bonchev–Trinajstić information content (AvgIpc) is 2.77. The molecule has 0 amide bonds. The summed E-state index contributed by atoms with van der Waals surface area (Å²) in [4.78, 5) is 2.52. The summed E-state index contributed by atoms with van der Waals surface area (Å²) in [6.45, 7) is 7.63. The van der Waals surface area contributed by atoms with Gasteiger partial charge in [-0.05, 0) is 39.0 Å². The molecule has 2 aliphatic heterocycles. The predicted octanol–water partition coefficient (Wildman–Crippen LogP) is 2.18. The molecule has 2 fully saturated rings. The van der Waals surface area contributed by atoms with Gasteiger partial charge in [-0.15, -0.1) is 0 Å². The maximum absolute atomic E-state index is 8.77. The van der Waals surface area contributed by atoms with Gasteiger partial charge >= 0.3 is 0 Å². The second-order valence-corrected chi connectivity index (χ2v) is 5.78. The molecule has 3 nitrogen and oxygen atoms in total. The zero-order valence-electron chi connectivity index (χ0n) is 10.4. The largest absolute Gasteiger partial charge is 0.377 e. The van der Waals surface area contributed by atoms with Crippen LogP contribution in [0.1, 0.15) is 39.5 Å². The van der Waals surface area contributed by atoms with Gasteiger partial charge in [0, 0.05) is 31.7 Å². The van der Waals surface area contributed by atoms with Crippen LogP contribution >= 0.6 is 0 Å². The van der Waals surface area contributed by atoms with E-state index in [-0.39, 0.29) is 5.54 Å². The minimum Gasteiger partial charge on any atom is -0.377 e. The fraction of sp³-hybridized carbons (Fsp3) is 0.923. The van der Waals surface area contributed by atoms with E-state index in [4.69, 9.17) is 10.00 Å². The van der Waals surface area contributed by atoms with Crippen LogP contribution in [0.2, 0.25) is 0 Å². The minimum atomic E-state index is 0.244. The molecule has 3 heteroatoms. The molecule has 0 spiro atoms. The lowest BCUT2D eigenvalue weighted by Crippen LogP contribution is -2.42. The Bertz CT molecular complexity index is 276. The molecule has 0 radical (unpaired) electrons. The SMILES string of the molecule is CC1(C)CC(CC#N)CN1CC1CCCO1. The summed E-state index contributed by atoms with van der Waals surface area (Å²) in [6.07, 6.45) is 4.69. The smallest absolute Gasteiger partial charge is 0.0703 e. The van der Waals surface area contributed by atoms with E-state index < -0.39 is 0 Å². The summed E-state index contributed by atoms with van der Waals surface area (Å²) in [5.74, 6) is 0.557. The molecule has 2 aliphatic rings. The second-order valence-electron chi connectivity index (χ2n) is 5.78. The highest BCUT2D eigenvalue weighted by Crippen LogP contribution is 2.34. The molecule has 0 saturated carbocycles. The van der Waals surface area contributed by atoms with E-state index in [0.29, 0.717) is 18.4 Å². The van der Waals surface area contributed by atoms with Crippen LogP contribution in [0.25, 0.3) is 0 Å². The Morgan fingerprint density at radius 3 is 2.94 bits per heavy atom. The number of rotatable bonds is 3. The molecule has 0 aromatic heterocycles. The van der Waals surface area contributed by atoms with Gasteiger partial charge in [-0.1, -0.05) is 0 Å². The maximum atomic E-state index is 8.77. The van der Waals surface area contributed by atoms with Crippen LogP contribution in [0, 0.1) is 17.2 Å². The van der Waals surface area contributed by atoms with Crippen molar-refractivity contribution in [1.29, 1.82) is 5.26 Å². The second kappa shape index (κ2) is 4.73. The lowest BCUT2D eigenvalue weighted by Gasteiger charge is -2.33. The molecule has 90 valence electrons. The van der Waals surface area contributed by atoms with Crippen molar-refractivity contribution < 1.29 is 4.74 Å². The molecule has 0 aromatic rings. The summed E-state index contributed by atoms with van der Waals surface area (Å²) in [5.41, 5.74) is 0.244. The number of ether oxygens (including phenoxy) is 1. The molecule has 2 heterocycles. The minimum absolute atomic E-state index is 0.244. The zero-order valence-corrected chi connectivity index (χ0v) is 10.4. The van der Waals surface area contributed by atoms with Crippen LogP contribution < -0.4 is 0 Å². The fourth-order valence-corrected chi connectivity index (χ4v) is 3.08. The topological polar surface area (TPSA) is 36.3 Å². The van der Waals surface area contributed by atoms with E-state index >= 15 is 0 Å². The molecule has 0 aromatic carbocycles. The standard InChI is InChI=1S/C13H22N2O/c1-13(2)8-11(5-6-14)9-15(13)10-12-4-3-7-16-12/h11-12H,3-5,7-10H2,1-2H3. The summed E-state index contributed by atoms with van der Waals surface area (Å²) in [5, 5.41) is 8.77. The number of nitrogens with zero attached hydrogens (tertiary/aromatic N) is 2. The highest BCUT2D eigenvalue weighted by atomic mass is 16.5. The van der Waals surface area contributed by atoms with Gasteiger partial charge in [0.1, 0.15) is 0 Å². The lowest BCUT2D eigenvalue weighted by molar-refractivity contribution is 0.0508. The van der Waals surface area contributed by atoms with E-state index in [2.05, 4.69) is 24.8 Å². The Morgan fingerprint density at radius 2 is 2.31 bits per heavy atom. The summed E-state index contributed by atoms with van der Waals surface area (Å²) >= 11 is 0. The zero-order chi connectivity index (χ0) is 11.6. The van der Waals surface area contributed by atoms with Crippen LogP contribution in [0.15, 0.2) is 0 Å². The van der Waals surface area contributed by atoms with Crippen molar-refractivity contribution in [2.45, 2.75) is 51.2 Å². The molecule has 0 aliphatic carbocycles. The van der Waals surface area contributed by atoms with Crippen LogP contribution in [0.4, 0.5) is 0 Å². The summed E-state index contributed by atoms with van der Waals surface area (Å²) in [6, 6.07) is 2.30. The van der Waals surface area contributed by atoms with Crippen LogP contribution in [-0.2, 0) is 4.74 Å². The molecule has 2 unspecified atom stereocenters. The van der Waals surface area contributed by atoms with Crippen molar-refractivity contribution in [3.63, 3.8) is 0 Å². The Kier molecular flexibility index (Phi) is 3.51. The van der Waals surface area contributed by atoms with Crippen molar-refractivity contribution in [3.05, 3.63) is 0 Å². The maximum Gasteiger partial charge on any atom is 0.0703 e. The number of hydrogen-bond donors (Lipinski definition) is 0. The van der Waals surface area contributed by atoms with Crippen molar-refractivity contribution in [2.24, 2.45) is 5.92 Å². The van der Waals surface area contributed by atoms with Crippen molar-refractivity contribution in [3.8, 4) is 6.07 Å². The van der Waals surface area contributed by atoms with Crippen LogP contribution in [0.5, 0.6) is 0 Å². The van der Waals surface area contributed by atoms with Gasteiger partial charge in [0.2, 0.25) is 0 Å². The van der Waals surface area contributed by atoms with E-state index in [1.165, 1.54) is 12.8 Å². The first kappa shape index (κ1) is 11.9. The number of likely N-dealkylation sites (tertiary alicyclic amines) is 1. The Labute approximate surface area is 98.4 Å². The quantitative estimate of drug-likeness (QED) is 0.734. The average molecular weight is 222 g/mol. The van der Waals surface area contributed by atoms with Gasteiger partial charge in [0.15, 0.2) is 0 Å². The molecular formula is C13H22N2O. The molecule has 16 heavy (non-hydrogen) atoms. The molecule has 2 saturated heterocycles. The van der Waals surface area contributed by atoms with Crippen LogP contribution in [0.3, 0.4) is 0 Å². The fourth-order valence-electron chi connectivity index (χ4n) is 3.08. The van der Waals surface area contributed by atoms with E-state index in [0.717, 1.165) is 26.1 Å². The number of nitriles is 1. The Hall–Kier alpha value is -0.590. The molecular weight excluding hydrogens is 200 g/mol. The lowest BCUT2D eigenvalue weighted by atomic mass is 9.95. The van der Waals surface area contributed by atoms with E-state index in [1.54, 1.807) is 0 Å². The van der Waals surface area contributed by atoms with Gasteiger partial charge in [-0.2, -0.15) is 5.26 Å². The van der Waals surface area contributed by atoms with Gasteiger partial charge in [0.25, 0.3) is 0 Å². The van der Waals surface area contributed by atoms with Crippen molar-refractivity contribution >= 4 is 0 Å². The summed E-state index contributed by atoms with van der Waals surface area (Å²) < 4.78 is 5.70. The van der Waals surface area contributed by atoms with E-state index in [9.17, 15) is 0 Å². The van der Waals surface area contributed by atoms with Crippen LogP contribution in [-0.4, -0.2) is 36.2 Å². The highest BCUT2D eigenvalue weighted by Gasteiger charge is 2.39. The molecule has 2 rings (SSSR count). The first-order valence-corrected chi connectivity index (χ1v) is 6.35. The van der Waals surface area contributed by atoms with Gasteiger partial charge in [-0.25, -0.2) is 0 Å². The third-order valence-electron chi connectivity index (χ3n) is 3.95. The van der Waals surface area contributed by atoms with Gasteiger partial charge in [0.05, 0.1) is 12.2 Å².